The molecule has 0 unspecified atom stereocenters. The third-order valence-corrected chi connectivity index (χ3v) is 5.58. The Hall–Kier alpha value is -4.15. The SMILES string of the molecule is Cc1nn(-c2ccccc2)c(C)c1C(=O)O[C@H](C)C(=O)N1CC(=O)Nc2cc(C(F)(F)F)ccc21. The van der Waals surface area contributed by atoms with Crippen LogP contribution in [0.3, 0.4) is 0 Å². The van der Waals surface area contributed by atoms with Crippen LogP contribution in [0.2, 0.25) is 0 Å². The van der Waals surface area contributed by atoms with Crippen molar-refractivity contribution in [2.75, 3.05) is 16.8 Å². The molecule has 35 heavy (non-hydrogen) atoms. The molecular formula is C24H21F3N4O4. The summed E-state index contributed by atoms with van der Waals surface area (Å²) in [6.07, 6.45) is -5.93. The van der Waals surface area contributed by atoms with Crippen LogP contribution in [0.1, 0.15) is 34.2 Å². The van der Waals surface area contributed by atoms with Crippen LogP contribution in [-0.4, -0.2) is 40.2 Å². The average Bonchev–Trinajstić information content (AvgIpc) is 3.11. The summed E-state index contributed by atoms with van der Waals surface area (Å²) in [6.45, 7) is 4.24. The lowest BCUT2D eigenvalue weighted by Crippen LogP contribution is -2.47. The summed E-state index contributed by atoms with van der Waals surface area (Å²) in [5, 5.41) is 6.73. The Kier molecular flexibility index (Phi) is 6.10. The van der Waals surface area contributed by atoms with Gasteiger partial charge in [-0.2, -0.15) is 18.3 Å². The largest absolute Gasteiger partial charge is 0.449 e. The molecule has 1 aliphatic heterocycles. The number of alkyl halides is 3. The zero-order valence-corrected chi connectivity index (χ0v) is 19.0. The molecule has 0 fully saturated rings. The number of fused-ring (bicyclic) bond motifs is 1. The normalized spacial score (nSPS) is 14.2. The van der Waals surface area contributed by atoms with E-state index >= 15 is 0 Å². The third kappa shape index (κ3) is 4.61. The monoisotopic (exact) mass is 486 g/mol. The third-order valence-electron chi connectivity index (χ3n) is 5.58. The molecular weight excluding hydrogens is 465 g/mol. The number of nitrogens with zero attached hydrogens (tertiary/aromatic N) is 3. The Morgan fingerprint density at radius 1 is 1.11 bits per heavy atom. The van der Waals surface area contributed by atoms with E-state index in [0.29, 0.717) is 11.4 Å². The number of nitrogens with one attached hydrogen (secondary N) is 1. The van der Waals surface area contributed by atoms with Crippen molar-refractivity contribution in [2.24, 2.45) is 0 Å². The molecule has 8 nitrogen and oxygen atoms in total. The van der Waals surface area contributed by atoms with Gasteiger partial charge in [-0.25, -0.2) is 9.48 Å². The van der Waals surface area contributed by atoms with Crippen LogP contribution in [0.4, 0.5) is 24.5 Å². The molecule has 0 aliphatic carbocycles. The van der Waals surface area contributed by atoms with Crippen molar-refractivity contribution in [3.63, 3.8) is 0 Å². The van der Waals surface area contributed by atoms with Crippen molar-refractivity contribution in [1.29, 1.82) is 0 Å². The molecule has 1 N–H and O–H groups in total. The van der Waals surface area contributed by atoms with E-state index in [9.17, 15) is 27.6 Å². The van der Waals surface area contributed by atoms with Crippen LogP contribution in [0.25, 0.3) is 5.69 Å². The summed E-state index contributed by atoms with van der Waals surface area (Å²) in [5.41, 5.74) is 0.810. The first-order valence-electron chi connectivity index (χ1n) is 10.6. The minimum atomic E-state index is -4.62. The van der Waals surface area contributed by atoms with Crippen LogP contribution in [0.15, 0.2) is 48.5 Å². The number of benzene rings is 2. The van der Waals surface area contributed by atoms with Crippen molar-refractivity contribution >= 4 is 29.2 Å². The maximum absolute atomic E-state index is 13.1. The van der Waals surface area contributed by atoms with Crippen molar-refractivity contribution in [3.05, 3.63) is 71.0 Å². The van der Waals surface area contributed by atoms with Gasteiger partial charge in [-0.1, -0.05) is 18.2 Å². The topological polar surface area (TPSA) is 93.5 Å². The molecule has 1 aliphatic rings. The molecule has 2 heterocycles. The second kappa shape index (κ2) is 8.90. The molecule has 182 valence electrons. The minimum Gasteiger partial charge on any atom is -0.449 e. The number of ether oxygens (including phenoxy) is 1. The highest BCUT2D eigenvalue weighted by Crippen LogP contribution is 2.37. The van der Waals surface area contributed by atoms with Crippen LogP contribution in [-0.2, 0) is 20.5 Å². The highest BCUT2D eigenvalue weighted by molar-refractivity contribution is 6.11. The summed E-state index contributed by atoms with van der Waals surface area (Å²) in [6, 6.07) is 11.8. The molecule has 0 saturated heterocycles. The molecule has 2 aromatic carbocycles. The molecule has 0 radical (unpaired) electrons. The second-order valence-corrected chi connectivity index (χ2v) is 8.04. The number of anilines is 2. The number of carbonyl (C=O) groups is 3. The first kappa shape index (κ1) is 24.0. The van der Waals surface area contributed by atoms with Gasteiger partial charge in [0.1, 0.15) is 12.1 Å². The fourth-order valence-corrected chi connectivity index (χ4v) is 3.91. The predicted octanol–water partition coefficient (Wildman–Crippen LogP) is 4.04. The van der Waals surface area contributed by atoms with E-state index < -0.39 is 42.2 Å². The maximum Gasteiger partial charge on any atom is 0.416 e. The van der Waals surface area contributed by atoms with Gasteiger partial charge < -0.3 is 10.1 Å². The summed E-state index contributed by atoms with van der Waals surface area (Å²) < 4.78 is 46.2. The summed E-state index contributed by atoms with van der Waals surface area (Å²) >= 11 is 0. The Bertz CT molecular complexity index is 1320. The standard InChI is InChI=1S/C24H21F3N4O4/c1-13-21(14(2)31(29-13)17-7-5-4-6-8-17)23(34)35-15(3)22(33)30-12-20(32)28-18-11-16(24(25,26)27)9-10-19(18)30/h4-11,15H,12H2,1-3H3,(H,28,32)/t15-/m1/s1. The maximum atomic E-state index is 13.1. The number of esters is 1. The second-order valence-electron chi connectivity index (χ2n) is 8.04. The van der Waals surface area contributed by atoms with Crippen molar-refractivity contribution in [2.45, 2.75) is 33.1 Å². The number of aromatic nitrogens is 2. The van der Waals surface area contributed by atoms with Crippen LogP contribution in [0, 0.1) is 13.8 Å². The van der Waals surface area contributed by atoms with E-state index in [0.717, 1.165) is 28.8 Å². The van der Waals surface area contributed by atoms with Crippen molar-refractivity contribution in [3.8, 4) is 5.69 Å². The molecule has 1 atom stereocenters. The molecule has 1 aromatic heterocycles. The molecule has 3 aromatic rings. The molecule has 4 rings (SSSR count). The van der Waals surface area contributed by atoms with Gasteiger partial charge >= 0.3 is 12.1 Å². The lowest BCUT2D eigenvalue weighted by Gasteiger charge is -2.31. The van der Waals surface area contributed by atoms with Gasteiger partial charge in [0.15, 0.2) is 6.10 Å². The number of halogens is 3. The van der Waals surface area contributed by atoms with Crippen LogP contribution in [0.5, 0.6) is 0 Å². The number of amides is 2. The Morgan fingerprint density at radius 2 is 1.80 bits per heavy atom. The Labute approximate surface area is 198 Å². The van der Waals surface area contributed by atoms with Gasteiger partial charge in [-0.15, -0.1) is 0 Å². The molecule has 11 heteroatoms. The summed E-state index contributed by atoms with van der Waals surface area (Å²) in [4.78, 5) is 39.1. The number of rotatable bonds is 4. The average molecular weight is 486 g/mol. The molecule has 0 saturated carbocycles. The number of para-hydroxylation sites is 1. The van der Waals surface area contributed by atoms with Crippen molar-refractivity contribution in [1.82, 2.24) is 9.78 Å². The summed E-state index contributed by atoms with van der Waals surface area (Å²) in [5.74, 6) is -2.20. The van der Waals surface area contributed by atoms with Crippen molar-refractivity contribution < 1.29 is 32.3 Å². The van der Waals surface area contributed by atoms with Gasteiger partial charge in [-0.3, -0.25) is 14.5 Å². The van der Waals surface area contributed by atoms with Gasteiger partial charge in [0.25, 0.3) is 5.91 Å². The first-order chi connectivity index (χ1) is 16.5. The number of aryl methyl sites for hydroxylation is 1. The smallest absolute Gasteiger partial charge is 0.416 e. The van der Waals surface area contributed by atoms with Gasteiger partial charge in [0.05, 0.1) is 34.0 Å². The lowest BCUT2D eigenvalue weighted by atomic mass is 10.1. The highest BCUT2D eigenvalue weighted by Gasteiger charge is 2.36. The van der Waals surface area contributed by atoms with E-state index in [1.165, 1.54) is 6.92 Å². The van der Waals surface area contributed by atoms with Crippen LogP contribution < -0.4 is 10.2 Å². The fourth-order valence-electron chi connectivity index (χ4n) is 3.91. The number of carbonyl (C=O) groups excluding carboxylic acids is 3. The van der Waals surface area contributed by atoms with E-state index in [4.69, 9.17) is 4.74 Å². The van der Waals surface area contributed by atoms with E-state index in [1.54, 1.807) is 18.5 Å². The fraction of sp³-hybridized carbons (Fsp3) is 0.250. The predicted molar refractivity (Wildman–Crippen MR) is 120 cm³/mol. The van der Waals surface area contributed by atoms with E-state index in [1.807, 2.05) is 30.3 Å². The van der Waals surface area contributed by atoms with Gasteiger partial charge in [0, 0.05) is 0 Å². The van der Waals surface area contributed by atoms with E-state index in [2.05, 4.69) is 10.4 Å². The van der Waals surface area contributed by atoms with E-state index in [-0.39, 0.29) is 16.9 Å². The van der Waals surface area contributed by atoms with Gasteiger partial charge in [0.2, 0.25) is 5.91 Å². The Balaban J connectivity index is 1.56. The molecule has 2 amide bonds. The molecule has 0 spiro atoms. The quantitative estimate of drug-likeness (QED) is 0.562. The zero-order chi connectivity index (χ0) is 25.5. The first-order valence-corrected chi connectivity index (χ1v) is 10.6. The molecule has 0 bridgehead atoms. The summed E-state index contributed by atoms with van der Waals surface area (Å²) in [7, 11) is 0. The number of hydrogen-bond acceptors (Lipinski definition) is 5. The van der Waals surface area contributed by atoms with Gasteiger partial charge in [-0.05, 0) is 51.1 Å². The lowest BCUT2D eigenvalue weighted by molar-refractivity contribution is -0.137. The Morgan fingerprint density at radius 3 is 2.46 bits per heavy atom. The zero-order valence-electron chi connectivity index (χ0n) is 19.0. The minimum absolute atomic E-state index is 0.0785. The highest BCUT2D eigenvalue weighted by atomic mass is 19.4. The number of hydrogen-bond donors (Lipinski definition) is 1. The van der Waals surface area contributed by atoms with Crippen LogP contribution >= 0.6 is 0 Å².